The molecule has 0 aliphatic carbocycles. The summed E-state index contributed by atoms with van der Waals surface area (Å²) in [5, 5.41) is 11.6. The summed E-state index contributed by atoms with van der Waals surface area (Å²) in [4.78, 5) is 41.4. The van der Waals surface area contributed by atoms with E-state index in [4.69, 9.17) is 16.7 Å². The third-order valence-electron chi connectivity index (χ3n) is 2.76. The zero-order chi connectivity index (χ0) is 17.0. The highest BCUT2D eigenvalue weighted by Crippen LogP contribution is 2.21. The van der Waals surface area contributed by atoms with Crippen molar-refractivity contribution < 1.29 is 14.7 Å². The van der Waals surface area contributed by atoms with Gasteiger partial charge in [0.15, 0.2) is 0 Å². The molecule has 2 aromatic rings. The number of hydrogen-bond acceptors (Lipinski definition) is 5. The molecule has 0 spiro atoms. The number of aromatic carboxylic acids is 1. The molecule has 1 aromatic carbocycles. The van der Waals surface area contributed by atoms with E-state index in [9.17, 15) is 14.4 Å². The molecule has 0 unspecified atom stereocenters. The molecular formula is C14H12ClN3O4S. The Morgan fingerprint density at radius 2 is 2.13 bits per heavy atom. The number of aromatic nitrogens is 2. The van der Waals surface area contributed by atoms with Crippen molar-refractivity contribution in [2.75, 3.05) is 11.6 Å². The van der Waals surface area contributed by atoms with Crippen molar-refractivity contribution in [2.45, 2.75) is 5.75 Å². The number of carboxylic acids is 1. The highest BCUT2D eigenvalue weighted by Gasteiger charge is 2.14. The number of carbonyl (C=O) groups is 2. The lowest BCUT2D eigenvalue weighted by atomic mass is 10.2. The van der Waals surface area contributed by atoms with Gasteiger partial charge in [-0.05, 0) is 24.5 Å². The van der Waals surface area contributed by atoms with Gasteiger partial charge in [-0.2, -0.15) is 11.8 Å². The van der Waals surface area contributed by atoms with E-state index in [1.54, 1.807) is 0 Å². The maximum absolute atomic E-state index is 12.2. The molecule has 0 aliphatic rings. The molecule has 0 saturated heterocycles. The molecule has 0 atom stereocenters. The number of rotatable bonds is 5. The molecule has 0 bridgehead atoms. The van der Waals surface area contributed by atoms with Gasteiger partial charge in [0, 0.05) is 11.8 Å². The number of nitrogens with zero attached hydrogens (tertiary/aromatic N) is 1. The molecule has 1 amide bonds. The second-order valence-electron chi connectivity index (χ2n) is 4.46. The third kappa shape index (κ3) is 4.33. The molecule has 7 nitrogen and oxygen atoms in total. The van der Waals surface area contributed by atoms with Gasteiger partial charge in [-0.3, -0.25) is 9.59 Å². The van der Waals surface area contributed by atoms with Crippen molar-refractivity contribution in [3.63, 3.8) is 0 Å². The number of hydrogen-bond donors (Lipinski definition) is 3. The zero-order valence-corrected chi connectivity index (χ0v) is 13.5. The van der Waals surface area contributed by atoms with Crippen LogP contribution in [0.5, 0.6) is 0 Å². The standard InChI is InChI=1S/C14H12ClN3O4S/c1-23-6-11-17-10(5-12(19)18-11)13(20)16-7-2-3-9(15)8(4-7)14(21)22/h2-5H,6H2,1H3,(H,16,20)(H,21,22)(H,17,18,19). The number of carbonyl (C=O) groups excluding carboxylic acids is 1. The minimum Gasteiger partial charge on any atom is -0.478 e. The predicted octanol–water partition coefficient (Wildman–Crippen LogP) is 2.24. The van der Waals surface area contributed by atoms with Gasteiger partial charge >= 0.3 is 5.97 Å². The van der Waals surface area contributed by atoms with E-state index in [1.807, 2.05) is 6.26 Å². The molecule has 1 heterocycles. The number of nitrogens with one attached hydrogen (secondary N) is 2. The lowest BCUT2D eigenvalue weighted by Gasteiger charge is -2.07. The maximum Gasteiger partial charge on any atom is 0.337 e. The average Bonchev–Trinajstić information content (AvgIpc) is 2.48. The van der Waals surface area contributed by atoms with Crippen LogP contribution in [0, 0.1) is 0 Å². The van der Waals surface area contributed by atoms with Crippen LogP contribution in [0.15, 0.2) is 29.1 Å². The van der Waals surface area contributed by atoms with Crippen molar-refractivity contribution >= 4 is 40.9 Å². The van der Waals surface area contributed by atoms with Gasteiger partial charge in [0.05, 0.1) is 16.3 Å². The first-order valence-corrected chi connectivity index (χ1v) is 8.11. The van der Waals surface area contributed by atoms with Crippen LogP contribution < -0.4 is 10.9 Å². The Balaban J connectivity index is 2.27. The second-order valence-corrected chi connectivity index (χ2v) is 5.74. The van der Waals surface area contributed by atoms with Gasteiger partial charge in [0.25, 0.3) is 11.5 Å². The molecule has 120 valence electrons. The fraction of sp³-hybridized carbons (Fsp3) is 0.143. The summed E-state index contributed by atoms with van der Waals surface area (Å²) >= 11 is 7.22. The normalized spacial score (nSPS) is 10.3. The number of amides is 1. The van der Waals surface area contributed by atoms with E-state index in [0.717, 1.165) is 6.07 Å². The quantitative estimate of drug-likeness (QED) is 0.760. The summed E-state index contributed by atoms with van der Waals surface area (Å²) in [6, 6.07) is 5.14. The van der Waals surface area contributed by atoms with E-state index >= 15 is 0 Å². The van der Waals surface area contributed by atoms with Crippen LogP contribution in [0.2, 0.25) is 5.02 Å². The van der Waals surface area contributed by atoms with E-state index < -0.39 is 17.4 Å². The summed E-state index contributed by atoms with van der Waals surface area (Å²) in [6.45, 7) is 0. The smallest absolute Gasteiger partial charge is 0.337 e. The fourth-order valence-electron chi connectivity index (χ4n) is 1.79. The van der Waals surface area contributed by atoms with E-state index in [-0.39, 0.29) is 22.0 Å². The van der Waals surface area contributed by atoms with Gasteiger partial charge in [-0.15, -0.1) is 0 Å². The summed E-state index contributed by atoms with van der Waals surface area (Å²) in [6.07, 6.45) is 1.84. The first-order chi connectivity index (χ1) is 10.9. The van der Waals surface area contributed by atoms with Crippen LogP contribution in [-0.4, -0.2) is 33.2 Å². The highest BCUT2D eigenvalue weighted by molar-refractivity contribution is 7.97. The van der Waals surface area contributed by atoms with Gasteiger partial charge in [-0.1, -0.05) is 11.6 Å². The zero-order valence-electron chi connectivity index (χ0n) is 11.9. The minimum atomic E-state index is -1.21. The number of aromatic amines is 1. The van der Waals surface area contributed by atoms with Crippen molar-refractivity contribution in [2.24, 2.45) is 0 Å². The van der Waals surface area contributed by atoms with Gasteiger partial charge in [-0.25, -0.2) is 9.78 Å². The molecule has 2 rings (SSSR count). The van der Waals surface area contributed by atoms with Crippen LogP contribution in [0.3, 0.4) is 0 Å². The first kappa shape index (κ1) is 17.0. The van der Waals surface area contributed by atoms with Crippen LogP contribution in [0.25, 0.3) is 0 Å². The average molecular weight is 354 g/mol. The maximum atomic E-state index is 12.2. The molecule has 9 heteroatoms. The second kappa shape index (κ2) is 7.30. The number of thioether (sulfide) groups is 1. The van der Waals surface area contributed by atoms with E-state index in [2.05, 4.69) is 15.3 Å². The predicted molar refractivity (Wildman–Crippen MR) is 88.4 cm³/mol. The molecule has 3 N–H and O–H groups in total. The Morgan fingerprint density at radius 3 is 2.78 bits per heavy atom. The minimum absolute atomic E-state index is 0.0513. The molecule has 0 aliphatic heterocycles. The lowest BCUT2D eigenvalue weighted by molar-refractivity contribution is 0.0696. The summed E-state index contributed by atoms with van der Waals surface area (Å²) in [7, 11) is 0. The largest absolute Gasteiger partial charge is 0.478 e. The molecule has 0 radical (unpaired) electrons. The van der Waals surface area contributed by atoms with Crippen molar-refractivity contribution in [1.82, 2.24) is 9.97 Å². The third-order valence-corrected chi connectivity index (χ3v) is 3.65. The van der Waals surface area contributed by atoms with Crippen LogP contribution in [-0.2, 0) is 5.75 Å². The molecular weight excluding hydrogens is 342 g/mol. The summed E-state index contributed by atoms with van der Waals surface area (Å²) < 4.78 is 0. The monoisotopic (exact) mass is 353 g/mol. The van der Waals surface area contributed by atoms with Crippen molar-refractivity contribution in [1.29, 1.82) is 0 Å². The van der Waals surface area contributed by atoms with Crippen LogP contribution >= 0.6 is 23.4 Å². The van der Waals surface area contributed by atoms with Gasteiger partial charge in [0.2, 0.25) is 0 Å². The summed E-state index contributed by atoms with van der Waals surface area (Å²) in [5.74, 6) is -0.974. The molecule has 23 heavy (non-hydrogen) atoms. The highest BCUT2D eigenvalue weighted by atomic mass is 35.5. The number of anilines is 1. The van der Waals surface area contributed by atoms with E-state index in [1.165, 1.54) is 30.0 Å². The van der Waals surface area contributed by atoms with Crippen LogP contribution in [0.4, 0.5) is 5.69 Å². The summed E-state index contributed by atoms with van der Waals surface area (Å²) in [5.41, 5.74) is -0.377. The number of halogens is 1. The Hall–Kier alpha value is -2.32. The van der Waals surface area contributed by atoms with E-state index in [0.29, 0.717) is 11.6 Å². The topological polar surface area (TPSA) is 112 Å². The first-order valence-electron chi connectivity index (χ1n) is 6.34. The lowest BCUT2D eigenvalue weighted by Crippen LogP contribution is -2.20. The fourth-order valence-corrected chi connectivity index (χ4v) is 2.40. The number of benzene rings is 1. The Morgan fingerprint density at radius 1 is 1.39 bits per heavy atom. The number of H-pyrrole nitrogens is 1. The van der Waals surface area contributed by atoms with Crippen molar-refractivity contribution in [3.05, 3.63) is 56.7 Å². The number of carboxylic acid groups (broad SMARTS) is 1. The molecule has 0 saturated carbocycles. The van der Waals surface area contributed by atoms with Gasteiger partial charge in [0.1, 0.15) is 11.5 Å². The Labute approximate surface area is 140 Å². The van der Waals surface area contributed by atoms with Crippen molar-refractivity contribution in [3.8, 4) is 0 Å². The van der Waals surface area contributed by atoms with Gasteiger partial charge < -0.3 is 15.4 Å². The Kier molecular flexibility index (Phi) is 5.41. The van der Waals surface area contributed by atoms with Crippen LogP contribution in [0.1, 0.15) is 26.7 Å². The SMILES string of the molecule is CSCc1nc(C(=O)Nc2ccc(Cl)c(C(=O)O)c2)cc(=O)[nH]1. The molecule has 0 fully saturated rings. The molecule has 1 aromatic heterocycles. The Bertz CT molecular complexity index is 822.